The normalized spacial score (nSPS) is 16.5. The van der Waals surface area contributed by atoms with Crippen LogP contribution in [0.25, 0.3) is 16.6 Å². The van der Waals surface area contributed by atoms with Crippen molar-refractivity contribution in [2.75, 3.05) is 45.8 Å². The summed E-state index contributed by atoms with van der Waals surface area (Å²) in [5.74, 6) is 0.143. The van der Waals surface area contributed by atoms with Crippen molar-refractivity contribution in [3.05, 3.63) is 65.1 Å². The zero-order valence-corrected chi connectivity index (χ0v) is 26.1. The van der Waals surface area contributed by atoms with E-state index in [2.05, 4.69) is 27.9 Å². The number of halogens is 2. The Hall–Kier alpha value is -3.10. The summed E-state index contributed by atoms with van der Waals surface area (Å²) in [5, 5.41) is 4.79. The molecule has 0 spiro atoms. The van der Waals surface area contributed by atoms with E-state index in [4.69, 9.17) is 11.6 Å². The van der Waals surface area contributed by atoms with Crippen LogP contribution in [0.3, 0.4) is 0 Å². The number of fused-ring (bicyclic) bond motifs is 1. The molecule has 3 aromatic rings. The Kier molecular flexibility index (Phi) is 11.0. The maximum atomic E-state index is 13.6. The van der Waals surface area contributed by atoms with Crippen molar-refractivity contribution in [3.8, 4) is 5.69 Å². The fourth-order valence-corrected chi connectivity index (χ4v) is 6.62. The van der Waals surface area contributed by atoms with E-state index in [-0.39, 0.29) is 17.9 Å². The molecule has 4 amide bonds. The molecule has 2 fully saturated rings. The number of nitrogens with one attached hydrogen (secondary N) is 1. The lowest BCUT2D eigenvalue weighted by atomic mass is 9.89. The van der Waals surface area contributed by atoms with Gasteiger partial charge in [-0.1, -0.05) is 57.0 Å². The van der Waals surface area contributed by atoms with Crippen LogP contribution >= 0.6 is 11.6 Å². The highest BCUT2D eigenvalue weighted by Gasteiger charge is 2.33. The third kappa shape index (κ3) is 7.90. The number of urea groups is 2. The minimum atomic E-state index is -0.265. The highest BCUT2D eigenvalue weighted by Crippen LogP contribution is 2.37. The first-order chi connectivity index (χ1) is 20.9. The van der Waals surface area contributed by atoms with Crippen LogP contribution in [0.15, 0.2) is 48.7 Å². The van der Waals surface area contributed by atoms with Gasteiger partial charge in [0.25, 0.3) is 0 Å². The van der Waals surface area contributed by atoms with E-state index < -0.39 is 0 Å². The van der Waals surface area contributed by atoms with Crippen LogP contribution in [0, 0.1) is 5.82 Å². The van der Waals surface area contributed by atoms with E-state index in [9.17, 15) is 14.0 Å². The molecule has 7 nitrogen and oxygen atoms in total. The molecule has 1 aromatic heterocycles. The zero-order valence-electron chi connectivity index (χ0n) is 25.4. The second-order valence-electron chi connectivity index (χ2n) is 12.0. The molecule has 9 heteroatoms. The summed E-state index contributed by atoms with van der Waals surface area (Å²) < 4.78 is 15.7. The van der Waals surface area contributed by atoms with Gasteiger partial charge in [-0.3, -0.25) is 0 Å². The second-order valence-corrected chi connectivity index (χ2v) is 12.4. The van der Waals surface area contributed by atoms with Crippen LogP contribution in [-0.2, 0) is 0 Å². The third-order valence-electron chi connectivity index (χ3n) is 9.01. The van der Waals surface area contributed by atoms with Crippen molar-refractivity contribution < 1.29 is 14.0 Å². The monoisotopic (exact) mass is 609 g/mol. The Labute approximate surface area is 259 Å². The van der Waals surface area contributed by atoms with Gasteiger partial charge in [0.15, 0.2) is 0 Å². The Bertz CT molecular complexity index is 1370. The fraction of sp³-hybridized carbons (Fsp3) is 0.529. The van der Waals surface area contributed by atoms with E-state index in [1.165, 1.54) is 54.7 Å². The standard InChI is InChI=1S/C34H45ClFN5O2/c1-2-3-4-5-6-7-8-17-37-33(42)40-23-22-39(34(40)43)21-20-38-18-15-26(16-19-38)31-25-41(29-12-10-28(36)11-13-29)32-14-9-27(35)24-30(31)32/h9-14,24-26H,2-8,15-23H2,1H3,(H,37,42). The van der Waals surface area contributed by atoms with Crippen LogP contribution < -0.4 is 5.32 Å². The van der Waals surface area contributed by atoms with Crippen LogP contribution in [0.5, 0.6) is 0 Å². The predicted octanol–water partition coefficient (Wildman–Crippen LogP) is 7.80. The van der Waals surface area contributed by atoms with Gasteiger partial charge in [0, 0.05) is 55.0 Å². The lowest BCUT2D eigenvalue weighted by Gasteiger charge is -2.33. The van der Waals surface area contributed by atoms with Crippen molar-refractivity contribution in [1.29, 1.82) is 0 Å². The second kappa shape index (κ2) is 15.1. The molecule has 43 heavy (non-hydrogen) atoms. The molecule has 1 N–H and O–H groups in total. The summed E-state index contributed by atoms with van der Waals surface area (Å²) in [4.78, 5) is 31.1. The first-order valence-corrected chi connectivity index (χ1v) is 16.5. The van der Waals surface area contributed by atoms with Gasteiger partial charge in [0.05, 0.1) is 5.52 Å². The first kappa shape index (κ1) is 31.3. The van der Waals surface area contributed by atoms with Crippen LogP contribution in [0.4, 0.5) is 14.0 Å². The van der Waals surface area contributed by atoms with Crippen LogP contribution in [-0.4, -0.2) is 77.1 Å². The number of hydrogen-bond acceptors (Lipinski definition) is 3. The Balaban J connectivity index is 1.08. The van der Waals surface area contributed by atoms with Crippen molar-refractivity contribution in [1.82, 2.24) is 24.6 Å². The molecule has 5 rings (SSSR count). The van der Waals surface area contributed by atoms with Gasteiger partial charge in [-0.05, 0) is 86.3 Å². The molecule has 232 valence electrons. The van der Waals surface area contributed by atoms with Crippen molar-refractivity contribution in [3.63, 3.8) is 0 Å². The van der Waals surface area contributed by atoms with Crippen molar-refractivity contribution >= 4 is 34.6 Å². The number of unbranched alkanes of at least 4 members (excludes halogenated alkanes) is 6. The Morgan fingerprint density at radius 2 is 1.65 bits per heavy atom. The SMILES string of the molecule is CCCCCCCCCNC(=O)N1CCN(CCN2CCC(c3cn(-c4ccc(F)cc4)c4ccc(Cl)cc34)CC2)C1=O. The number of carbonyl (C=O) groups excluding carboxylic acids is 2. The highest BCUT2D eigenvalue weighted by molar-refractivity contribution is 6.31. The summed E-state index contributed by atoms with van der Waals surface area (Å²) >= 11 is 6.40. The molecule has 2 aliphatic rings. The predicted molar refractivity (Wildman–Crippen MR) is 172 cm³/mol. The number of carbonyl (C=O) groups is 2. The Morgan fingerprint density at radius 1 is 0.930 bits per heavy atom. The quantitative estimate of drug-likeness (QED) is 0.201. The molecule has 0 radical (unpaired) electrons. The summed E-state index contributed by atoms with van der Waals surface area (Å²) in [7, 11) is 0. The molecular weight excluding hydrogens is 565 g/mol. The number of piperidine rings is 1. The number of benzene rings is 2. The number of amides is 4. The van der Waals surface area contributed by atoms with E-state index in [0.29, 0.717) is 37.1 Å². The first-order valence-electron chi connectivity index (χ1n) is 16.1. The van der Waals surface area contributed by atoms with Gasteiger partial charge in [-0.15, -0.1) is 0 Å². The van der Waals surface area contributed by atoms with Gasteiger partial charge >= 0.3 is 12.1 Å². The van der Waals surface area contributed by atoms with E-state index in [1.807, 2.05) is 18.2 Å². The number of rotatable bonds is 13. The van der Waals surface area contributed by atoms with Crippen LogP contribution in [0.2, 0.25) is 5.02 Å². The minimum Gasteiger partial charge on any atom is -0.338 e. The average molecular weight is 610 g/mol. The third-order valence-corrected chi connectivity index (χ3v) is 9.25. The molecule has 0 atom stereocenters. The molecular formula is C34H45ClFN5O2. The van der Waals surface area contributed by atoms with Crippen LogP contribution in [0.1, 0.15) is 76.2 Å². The van der Waals surface area contributed by atoms with Gasteiger partial charge in [-0.25, -0.2) is 18.9 Å². The maximum absolute atomic E-state index is 13.6. The van der Waals surface area contributed by atoms with Gasteiger partial charge in [0.2, 0.25) is 0 Å². The molecule has 0 saturated carbocycles. The molecule has 2 aromatic carbocycles. The van der Waals surface area contributed by atoms with E-state index in [0.717, 1.165) is 61.9 Å². The number of imide groups is 1. The minimum absolute atomic E-state index is 0.183. The number of aromatic nitrogens is 1. The zero-order chi connectivity index (χ0) is 30.2. The summed E-state index contributed by atoms with van der Waals surface area (Å²) in [6.07, 6.45) is 12.6. The molecule has 3 heterocycles. The van der Waals surface area contributed by atoms with Crippen molar-refractivity contribution in [2.24, 2.45) is 0 Å². The summed E-state index contributed by atoms with van der Waals surface area (Å²) in [6.45, 7) is 7.20. The largest absolute Gasteiger partial charge is 0.338 e. The van der Waals surface area contributed by atoms with Gasteiger partial charge in [0.1, 0.15) is 5.82 Å². The molecule has 0 aliphatic carbocycles. The lowest BCUT2D eigenvalue weighted by Crippen LogP contribution is -2.44. The lowest BCUT2D eigenvalue weighted by molar-refractivity contribution is 0.169. The van der Waals surface area contributed by atoms with Crippen molar-refractivity contribution in [2.45, 2.75) is 70.6 Å². The Morgan fingerprint density at radius 3 is 2.40 bits per heavy atom. The number of hydrogen-bond donors (Lipinski definition) is 1. The molecule has 0 bridgehead atoms. The summed E-state index contributed by atoms with van der Waals surface area (Å²) in [6, 6.07) is 12.1. The molecule has 2 aliphatic heterocycles. The number of nitrogens with zero attached hydrogens (tertiary/aromatic N) is 4. The van der Waals surface area contributed by atoms with E-state index in [1.54, 1.807) is 17.0 Å². The van der Waals surface area contributed by atoms with Gasteiger partial charge < -0.3 is 19.7 Å². The van der Waals surface area contributed by atoms with E-state index >= 15 is 0 Å². The highest BCUT2D eigenvalue weighted by atomic mass is 35.5. The van der Waals surface area contributed by atoms with Gasteiger partial charge in [-0.2, -0.15) is 0 Å². The average Bonchev–Trinajstić information content (AvgIpc) is 3.58. The molecule has 0 unspecified atom stereocenters. The smallest absolute Gasteiger partial charge is 0.328 e. The number of likely N-dealkylation sites (tertiary alicyclic amines) is 1. The summed E-state index contributed by atoms with van der Waals surface area (Å²) in [5.41, 5.74) is 3.26. The fourth-order valence-electron chi connectivity index (χ4n) is 6.45. The maximum Gasteiger partial charge on any atom is 0.328 e. The topological polar surface area (TPSA) is 60.8 Å². The molecule has 2 saturated heterocycles.